The second kappa shape index (κ2) is 5.30. The average Bonchev–Trinajstić information content (AvgIpc) is 2.29. The molecule has 0 aliphatic rings. The highest BCUT2D eigenvalue weighted by Crippen LogP contribution is 2.25. The van der Waals surface area contributed by atoms with Crippen LogP contribution in [0.3, 0.4) is 0 Å². The van der Waals surface area contributed by atoms with Crippen LogP contribution in [0.5, 0.6) is 0 Å². The van der Waals surface area contributed by atoms with Gasteiger partial charge >= 0.3 is 5.97 Å². The van der Waals surface area contributed by atoms with Gasteiger partial charge in [-0.1, -0.05) is 19.9 Å². The van der Waals surface area contributed by atoms with Gasteiger partial charge in [-0.15, -0.1) is 0 Å². The van der Waals surface area contributed by atoms with E-state index in [4.69, 9.17) is 4.74 Å². The fourth-order valence-corrected chi connectivity index (χ4v) is 1.55. The van der Waals surface area contributed by atoms with Crippen molar-refractivity contribution in [2.75, 3.05) is 6.61 Å². The smallest absolute Gasteiger partial charge is 0.316 e. The van der Waals surface area contributed by atoms with Gasteiger partial charge in [0.15, 0.2) is 0 Å². The molecule has 0 saturated heterocycles. The van der Waals surface area contributed by atoms with Gasteiger partial charge in [0.05, 0.1) is 12.0 Å². The molecule has 0 N–H and O–H groups in total. The summed E-state index contributed by atoms with van der Waals surface area (Å²) in [5.74, 6) is 0.189. The predicted octanol–water partition coefficient (Wildman–Crippen LogP) is 3.05. The van der Waals surface area contributed by atoms with Gasteiger partial charge in [-0.2, -0.15) is 0 Å². The highest BCUT2D eigenvalue weighted by molar-refractivity contribution is 5.82. The maximum atomic E-state index is 11.8. The molecule has 3 heteroatoms. The van der Waals surface area contributed by atoms with Crippen molar-refractivity contribution in [1.29, 1.82) is 0 Å². The van der Waals surface area contributed by atoms with Crippen molar-refractivity contribution in [3.63, 3.8) is 0 Å². The first-order valence-corrected chi connectivity index (χ1v) is 6.03. The normalized spacial score (nSPS) is 11.6. The lowest BCUT2D eigenvalue weighted by Crippen LogP contribution is -2.31. The first kappa shape index (κ1) is 13.7. The van der Waals surface area contributed by atoms with Gasteiger partial charge in [0.25, 0.3) is 0 Å². The summed E-state index contributed by atoms with van der Waals surface area (Å²) >= 11 is 0. The predicted molar refractivity (Wildman–Crippen MR) is 68.0 cm³/mol. The zero-order valence-electron chi connectivity index (χ0n) is 11.3. The van der Waals surface area contributed by atoms with E-state index in [2.05, 4.69) is 18.8 Å². The van der Waals surface area contributed by atoms with Crippen LogP contribution < -0.4 is 0 Å². The second-order valence-electron chi connectivity index (χ2n) is 4.97. The topological polar surface area (TPSA) is 39.2 Å². The third-order valence-corrected chi connectivity index (χ3v) is 2.89. The van der Waals surface area contributed by atoms with Gasteiger partial charge in [0.1, 0.15) is 0 Å². The van der Waals surface area contributed by atoms with Gasteiger partial charge < -0.3 is 4.74 Å². The van der Waals surface area contributed by atoms with Crippen LogP contribution in [0, 0.1) is 0 Å². The second-order valence-corrected chi connectivity index (χ2v) is 4.97. The standard InChI is InChI=1S/C14H21NO2/c1-6-17-13(16)14(4,5)11-7-8-12(10(2)3)15-9-11/h7-10H,6H2,1-5H3. The average molecular weight is 235 g/mol. The molecule has 17 heavy (non-hydrogen) atoms. The number of carbonyl (C=O) groups is 1. The fourth-order valence-electron chi connectivity index (χ4n) is 1.55. The first-order chi connectivity index (χ1) is 7.89. The minimum atomic E-state index is -0.640. The summed E-state index contributed by atoms with van der Waals surface area (Å²) in [6.45, 7) is 10.1. The highest BCUT2D eigenvalue weighted by atomic mass is 16.5. The quantitative estimate of drug-likeness (QED) is 0.753. The number of hydrogen-bond donors (Lipinski definition) is 0. The van der Waals surface area contributed by atoms with Gasteiger partial charge in [0, 0.05) is 11.9 Å². The Hall–Kier alpha value is -1.38. The van der Waals surface area contributed by atoms with Crippen molar-refractivity contribution in [2.45, 2.75) is 46.0 Å². The van der Waals surface area contributed by atoms with Crippen molar-refractivity contribution < 1.29 is 9.53 Å². The summed E-state index contributed by atoms with van der Waals surface area (Å²) < 4.78 is 5.07. The molecule has 0 atom stereocenters. The minimum absolute atomic E-state index is 0.209. The summed E-state index contributed by atoms with van der Waals surface area (Å²) in [6.07, 6.45) is 1.77. The molecule has 0 aromatic carbocycles. The molecular weight excluding hydrogens is 214 g/mol. The highest BCUT2D eigenvalue weighted by Gasteiger charge is 2.31. The van der Waals surface area contributed by atoms with Crippen LogP contribution in [0.2, 0.25) is 0 Å². The molecule has 0 aliphatic carbocycles. The zero-order chi connectivity index (χ0) is 13.1. The van der Waals surface area contributed by atoms with Crippen LogP contribution in [0.25, 0.3) is 0 Å². The molecule has 0 bridgehead atoms. The number of esters is 1. The Morgan fingerprint density at radius 2 is 2.06 bits per heavy atom. The summed E-state index contributed by atoms with van der Waals surface area (Å²) in [5, 5.41) is 0. The number of rotatable bonds is 4. The van der Waals surface area contributed by atoms with E-state index in [0.717, 1.165) is 11.3 Å². The third kappa shape index (κ3) is 3.05. The number of ether oxygens (including phenoxy) is 1. The molecular formula is C14H21NO2. The molecule has 1 aromatic rings. The van der Waals surface area contributed by atoms with Crippen LogP contribution >= 0.6 is 0 Å². The van der Waals surface area contributed by atoms with E-state index in [0.29, 0.717) is 12.5 Å². The minimum Gasteiger partial charge on any atom is -0.465 e. The van der Waals surface area contributed by atoms with E-state index in [9.17, 15) is 4.79 Å². The summed E-state index contributed by atoms with van der Waals surface area (Å²) in [5.41, 5.74) is 1.28. The van der Waals surface area contributed by atoms with Crippen molar-refractivity contribution in [3.05, 3.63) is 29.6 Å². The number of carbonyl (C=O) groups excluding carboxylic acids is 1. The van der Waals surface area contributed by atoms with E-state index < -0.39 is 5.41 Å². The number of pyridine rings is 1. The van der Waals surface area contributed by atoms with Crippen molar-refractivity contribution in [1.82, 2.24) is 4.98 Å². The lowest BCUT2D eigenvalue weighted by Gasteiger charge is -2.22. The lowest BCUT2D eigenvalue weighted by atomic mass is 9.85. The van der Waals surface area contributed by atoms with E-state index in [1.165, 1.54) is 0 Å². The van der Waals surface area contributed by atoms with Crippen LogP contribution in [-0.2, 0) is 14.9 Å². The molecule has 3 nitrogen and oxygen atoms in total. The first-order valence-electron chi connectivity index (χ1n) is 6.03. The number of hydrogen-bond acceptors (Lipinski definition) is 3. The Labute approximate surface area is 103 Å². The van der Waals surface area contributed by atoms with Crippen LogP contribution in [0.15, 0.2) is 18.3 Å². The Kier molecular flexibility index (Phi) is 4.27. The SMILES string of the molecule is CCOC(=O)C(C)(C)c1ccc(C(C)C)nc1. The van der Waals surface area contributed by atoms with Gasteiger partial charge in [-0.25, -0.2) is 0 Å². The van der Waals surface area contributed by atoms with E-state index in [1.807, 2.05) is 32.9 Å². The molecule has 0 radical (unpaired) electrons. The Balaban J connectivity index is 2.95. The summed E-state index contributed by atoms with van der Waals surface area (Å²) in [4.78, 5) is 16.2. The Morgan fingerprint density at radius 3 is 2.47 bits per heavy atom. The van der Waals surface area contributed by atoms with Crippen LogP contribution in [0.1, 0.15) is 51.8 Å². The van der Waals surface area contributed by atoms with E-state index >= 15 is 0 Å². The number of aromatic nitrogens is 1. The van der Waals surface area contributed by atoms with Crippen molar-refractivity contribution in [2.24, 2.45) is 0 Å². The summed E-state index contributed by atoms with van der Waals surface area (Å²) in [6, 6.07) is 3.93. The van der Waals surface area contributed by atoms with Crippen LogP contribution in [-0.4, -0.2) is 17.6 Å². The summed E-state index contributed by atoms with van der Waals surface area (Å²) in [7, 11) is 0. The maximum Gasteiger partial charge on any atom is 0.316 e. The molecule has 0 fully saturated rings. The number of nitrogens with zero attached hydrogens (tertiary/aromatic N) is 1. The van der Waals surface area contributed by atoms with Crippen molar-refractivity contribution in [3.8, 4) is 0 Å². The molecule has 0 spiro atoms. The molecule has 0 aliphatic heterocycles. The molecule has 1 heterocycles. The molecule has 1 rings (SSSR count). The van der Waals surface area contributed by atoms with E-state index in [-0.39, 0.29) is 5.97 Å². The van der Waals surface area contributed by atoms with E-state index in [1.54, 1.807) is 6.20 Å². The van der Waals surface area contributed by atoms with Gasteiger partial charge in [-0.05, 0) is 38.3 Å². The Morgan fingerprint density at radius 1 is 1.41 bits per heavy atom. The third-order valence-electron chi connectivity index (χ3n) is 2.89. The van der Waals surface area contributed by atoms with Gasteiger partial charge in [0.2, 0.25) is 0 Å². The monoisotopic (exact) mass is 235 g/mol. The molecule has 94 valence electrons. The molecule has 0 unspecified atom stereocenters. The largest absolute Gasteiger partial charge is 0.465 e. The maximum absolute atomic E-state index is 11.8. The lowest BCUT2D eigenvalue weighted by molar-refractivity contribution is -0.148. The molecule has 0 saturated carbocycles. The fraction of sp³-hybridized carbons (Fsp3) is 0.571. The van der Waals surface area contributed by atoms with Crippen LogP contribution in [0.4, 0.5) is 0 Å². The molecule has 1 aromatic heterocycles. The van der Waals surface area contributed by atoms with Gasteiger partial charge in [-0.3, -0.25) is 9.78 Å². The Bertz CT molecular complexity index is 380. The molecule has 0 amide bonds. The van der Waals surface area contributed by atoms with Crippen molar-refractivity contribution >= 4 is 5.97 Å². The zero-order valence-corrected chi connectivity index (χ0v) is 11.3.